The van der Waals surface area contributed by atoms with Crippen molar-refractivity contribution in [1.29, 1.82) is 0 Å². The number of carbonyl (C=O) groups is 1. The van der Waals surface area contributed by atoms with E-state index >= 15 is 0 Å². The van der Waals surface area contributed by atoms with E-state index in [1.54, 1.807) is 12.1 Å². The van der Waals surface area contributed by atoms with Crippen molar-refractivity contribution in [2.24, 2.45) is 0 Å². The maximum atomic E-state index is 10.1. The zero-order valence-electron chi connectivity index (χ0n) is 6.40. The summed E-state index contributed by atoms with van der Waals surface area (Å²) in [6.07, 6.45) is 0.562. The fourth-order valence-electron chi connectivity index (χ4n) is 0.820. The quantitative estimate of drug-likeness (QED) is 0.737. The molecule has 12 heavy (non-hydrogen) atoms. The van der Waals surface area contributed by atoms with Gasteiger partial charge in [0, 0.05) is 5.02 Å². The second-order valence-electron chi connectivity index (χ2n) is 2.34. The Labute approximate surface area is 80.5 Å². The van der Waals surface area contributed by atoms with Crippen LogP contribution in [-0.2, 0) is 4.79 Å². The molecule has 0 aliphatic rings. The third-order valence-corrected chi connectivity index (χ3v) is 2.18. The smallest absolute Gasteiger partial charge is 0.211 e. The molecule has 2 nitrogen and oxygen atoms in total. The lowest BCUT2D eigenvalue weighted by atomic mass is 10.2. The fourth-order valence-corrected chi connectivity index (χ4v) is 1.26. The third kappa shape index (κ3) is 1.90. The van der Waals surface area contributed by atoms with Crippen molar-refractivity contribution in [1.82, 2.24) is 0 Å². The second kappa shape index (κ2) is 3.78. The first-order valence-corrected chi connectivity index (χ1v) is 4.06. The molecular weight excluding hydrogens is 197 g/mol. The molecule has 1 amide bonds. The lowest BCUT2D eigenvalue weighted by molar-refractivity contribution is -0.105. The van der Waals surface area contributed by atoms with Crippen LogP contribution in [0.1, 0.15) is 5.56 Å². The van der Waals surface area contributed by atoms with Gasteiger partial charge in [-0.15, -0.1) is 0 Å². The molecule has 4 heteroatoms. The van der Waals surface area contributed by atoms with Crippen LogP contribution in [-0.4, -0.2) is 6.41 Å². The molecule has 0 fully saturated rings. The highest BCUT2D eigenvalue weighted by Gasteiger charge is 2.02. The van der Waals surface area contributed by atoms with Gasteiger partial charge in [0.15, 0.2) is 0 Å². The van der Waals surface area contributed by atoms with E-state index in [1.165, 1.54) is 0 Å². The SMILES string of the molecule is Cc1cc(Cl)c(NC=O)cc1Cl. The number of hydrogen-bond acceptors (Lipinski definition) is 1. The standard InChI is InChI=1S/C8H7Cl2NO/c1-5-2-7(10)8(11-4-12)3-6(5)9/h2-4H,1H3,(H,11,12). The maximum Gasteiger partial charge on any atom is 0.211 e. The summed E-state index contributed by atoms with van der Waals surface area (Å²) >= 11 is 11.6. The molecule has 64 valence electrons. The monoisotopic (exact) mass is 203 g/mol. The predicted octanol–water partition coefficient (Wildman–Crippen LogP) is 2.87. The molecule has 0 bridgehead atoms. The number of carbonyl (C=O) groups excluding carboxylic acids is 1. The summed E-state index contributed by atoms with van der Waals surface area (Å²) in [5.41, 5.74) is 1.42. The van der Waals surface area contributed by atoms with Gasteiger partial charge in [0.1, 0.15) is 0 Å². The van der Waals surface area contributed by atoms with Gasteiger partial charge >= 0.3 is 0 Å². The van der Waals surface area contributed by atoms with Crippen molar-refractivity contribution in [3.63, 3.8) is 0 Å². The van der Waals surface area contributed by atoms with Gasteiger partial charge in [-0.05, 0) is 24.6 Å². The Balaban J connectivity index is 3.13. The van der Waals surface area contributed by atoms with E-state index in [1.807, 2.05) is 6.92 Å². The Hall–Kier alpha value is -0.730. The Morgan fingerprint density at radius 3 is 2.58 bits per heavy atom. The van der Waals surface area contributed by atoms with Gasteiger partial charge in [-0.1, -0.05) is 23.2 Å². The van der Waals surface area contributed by atoms with Crippen molar-refractivity contribution in [3.05, 3.63) is 27.7 Å². The lowest BCUT2D eigenvalue weighted by Gasteiger charge is -2.04. The highest BCUT2D eigenvalue weighted by molar-refractivity contribution is 6.36. The van der Waals surface area contributed by atoms with Crippen LogP contribution in [0.15, 0.2) is 12.1 Å². The molecule has 1 aromatic carbocycles. The summed E-state index contributed by atoms with van der Waals surface area (Å²) in [7, 11) is 0. The molecule has 0 unspecified atom stereocenters. The van der Waals surface area contributed by atoms with Gasteiger partial charge < -0.3 is 5.32 Å². The van der Waals surface area contributed by atoms with Gasteiger partial charge in [0.25, 0.3) is 0 Å². The number of benzene rings is 1. The molecule has 0 atom stereocenters. The van der Waals surface area contributed by atoms with Crippen LogP contribution in [0.2, 0.25) is 10.0 Å². The zero-order chi connectivity index (χ0) is 9.14. The minimum absolute atomic E-state index is 0.490. The molecule has 0 radical (unpaired) electrons. The molecule has 0 saturated heterocycles. The Kier molecular flexibility index (Phi) is 2.95. The predicted molar refractivity (Wildman–Crippen MR) is 50.9 cm³/mol. The molecule has 0 spiro atoms. The average molecular weight is 204 g/mol. The number of aryl methyl sites for hydroxylation is 1. The van der Waals surface area contributed by atoms with Crippen molar-refractivity contribution < 1.29 is 4.79 Å². The van der Waals surface area contributed by atoms with Crippen LogP contribution < -0.4 is 5.32 Å². The van der Waals surface area contributed by atoms with Crippen molar-refractivity contribution in [2.75, 3.05) is 5.32 Å². The number of rotatable bonds is 2. The Morgan fingerprint density at radius 2 is 2.00 bits per heavy atom. The molecule has 0 heterocycles. The average Bonchev–Trinajstić information content (AvgIpc) is 2.01. The molecule has 0 aliphatic heterocycles. The number of amides is 1. The van der Waals surface area contributed by atoms with Crippen LogP contribution in [0.5, 0.6) is 0 Å². The summed E-state index contributed by atoms with van der Waals surface area (Å²) < 4.78 is 0. The van der Waals surface area contributed by atoms with E-state index in [0.717, 1.165) is 5.56 Å². The first kappa shape index (κ1) is 9.36. The molecule has 0 saturated carbocycles. The summed E-state index contributed by atoms with van der Waals surface area (Å²) in [4.78, 5) is 10.1. The summed E-state index contributed by atoms with van der Waals surface area (Å²) in [6, 6.07) is 3.32. The number of anilines is 1. The summed E-state index contributed by atoms with van der Waals surface area (Å²) in [6.45, 7) is 1.85. The van der Waals surface area contributed by atoms with Crippen LogP contribution in [0.25, 0.3) is 0 Å². The first-order chi connectivity index (χ1) is 5.65. The van der Waals surface area contributed by atoms with Crippen molar-refractivity contribution >= 4 is 35.3 Å². The highest BCUT2D eigenvalue weighted by atomic mass is 35.5. The highest BCUT2D eigenvalue weighted by Crippen LogP contribution is 2.28. The van der Waals surface area contributed by atoms with Crippen LogP contribution in [0, 0.1) is 6.92 Å². The van der Waals surface area contributed by atoms with Crippen LogP contribution in [0.3, 0.4) is 0 Å². The summed E-state index contributed by atoms with van der Waals surface area (Å²) in [5.74, 6) is 0. The largest absolute Gasteiger partial charge is 0.327 e. The molecule has 1 aromatic rings. The molecular formula is C8H7Cl2NO. The van der Waals surface area contributed by atoms with Gasteiger partial charge in [-0.25, -0.2) is 0 Å². The minimum atomic E-state index is 0.490. The van der Waals surface area contributed by atoms with E-state index in [0.29, 0.717) is 22.1 Å². The van der Waals surface area contributed by atoms with Crippen molar-refractivity contribution in [2.45, 2.75) is 6.92 Å². The number of hydrogen-bond donors (Lipinski definition) is 1. The Morgan fingerprint density at radius 1 is 1.33 bits per heavy atom. The normalized spacial score (nSPS) is 9.58. The molecule has 0 aliphatic carbocycles. The van der Waals surface area contributed by atoms with E-state index < -0.39 is 0 Å². The second-order valence-corrected chi connectivity index (χ2v) is 3.16. The number of nitrogens with one attached hydrogen (secondary N) is 1. The zero-order valence-corrected chi connectivity index (χ0v) is 7.91. The van der Waals surface area contributed by atoms with Crippen LogP contribution in [0.4, 0.5) is 5.69 Å². The van der Waals surface area contributed by atoms with Gasteiger partial charge in [-0.3, -0.25) is 4.79 Å². The molecule has 1 rings (SSSR count). The van der Waals surface area contributed by atoms with Gasteiger partial charge in [-0.2, -0.15) is 0 Å². The summed E-state index contributed by atoms with van der Waals surface area (Å²) in [5, 5.41) is 3.52. The van der Waals surface area contributed by atoms with Crippen LogP contribution >= 0.6 is 23.2 Å². The van der Waals surface area contributed by atoms with Gasteiger partial charge in [0.05, 0.1) is 10.7 Å². The van der Waals surface area contributed by atoms with E-state index in [4.69, 9.17) is 23.2 Å². The topological polar surface area (TPSA) is 29.1 Å². The molecule has 1 N–H and O–H groups in total. The van der Waals surface area contributed by atoms with E-state index in [9.17, 15) is 4.79 Å². The minimum Gasteiger partial charge on any atom is -0.327 e. The fraction of sp³-hybridized carbons (Fsp3) is 0.125. The molecule has 0 aromatic heterocycles. The maximum absolute atomic E-state index is 10.1. The van der Waals surface area contributed by atoms with Crippen molar-refractivity contribution in [3.8, 4) is 0 Å². The first-order valence-electron chi connectivity index (χ1n) is 3.31. The van der Waals surface area contributed by atoms with E-state index in [2.05, 4.69) is 5.32 Å². The third-order valence-electron chi connectivity index (χ3n) is 1.46. The lowest BCUT2D eigenvalue weighted by Crippen LogP contribution is -1.94. The number of halogens is 2. The van der Waals surface area contributed by atoms with Gasteiger partial charge in [0.2, 0.25) is 6.41 Å². The van der Waals surface area contributed by atoms with E-state index in [-0.39, 0.29) is 0 Å². The Bertz CT molecular complexity index is 312.